The summed E-state index contributed by atoms with van der Waals surface area (Å²) in [4.78, 5) is 9.78. The maximum absolute atomic E-state index is 4.90. The van der Waals surface area contributed by atoms with Crippen molar-refractivity contribution in [2.75, 3.05) is 0 Å². The quantitative estimate of drug-likeness (QED) is 0.137. The van der Waals surface area contributed by atoms with E-state index in [-0.39, 0.29) is 0 Å². The van der Waals surface area contributed by atoms with Gasteiger partial charge in [-0.25, -0.2) is 9.97 Å². The fourth-order valence-electron chi connectivity index (χ4n) is 15.2. The normalized spacial score (nSPS) is 11.6. The minimum Gasteiger partial charge on any atom is -0.309 e. The summed E-state index contributed by atoms with van der Waals surface area (Å²) in [6, 6.07) is 131. The zero-order valence-corrected chi connectivity index (χ0v) is 54.5. The van der Waals surface area contributed by atoms with Crippen molar-refractivity contribution in [2.45, 2.75) is 0 Å². The number of nitrogens with zero attached hydrogens (tertiary/aromatic N) is 6. The van der Waals surface area contributed by atoms with Crippen LogP contribution in [0.4, 0.5) is 0 Å². The average molecular weight is 1280 g/mol. The Morgan fingerprint density at radius 3 is 0.800 bits per heavy atom. The van der Waals surface area contributed by atoms with Crippen molar-refractivity contribution < 1.29 is 0 Å². The summed E-state index contributed by atoms with van der Waals surface area (Å²) < 4.78 is 9.43. The van der Waals surface area contributed by atoms with Gasteiger partial charge in [0, 0.05) is 78.2 Å². The fraction of sp³-hybridized carbons (Fsp3) is 0. The van der Waals surface area contributed by atoms with Gasteiger partial charge >= 0.3 is 0 Å². The van der Waals surface area contributed by atoms with Crippen molar-refractivity contribution in [1.29, 1.82) is 0 Å². The second-order valence-electron chi connectivity index (χ2n) is 25.7. The molecule has 0 aliphatic rings. The molecule has 0 atom stereocenters. The van der Waals surface area contributed by atoms with Gasteiger partial charge in [-0.15, -0.1) is 0 Å². The lowest BCUT2D eigenvalue weighted by atomic mass is 10.0. The highest BCUT2D eigenvalue weighted by Gasteiger charge is 2.21. The lowest BCUT2D eigenvalue weighted by Crippen LogP contribution is -1.96. The molecule has 0 spiro atoms. The van der Waals surface area contributed by atoms with Crippen molar-refractivity contribution in [2.24, 2.45) is 0 Å². The van der Waals surface area contributed by atoms with Crippen molar-refractivity contribution in [3.8, 4) is 89.5 Å². The second-order valence-corrected chi connectivity index (χ2v) is 25.7. The number of hydrogen-bond acceptors (Lipinski definition) is 2. The Balaban J connectivity index is 0.000000139. The van der Waals surface area contributed by atoms with Crippen LogP contribution in [0.25, 0.3) is 177 Å². The third kappa shape index (κ3) is 10.0. The van der Waals surface area contributed by atoms with Gasteiger partial charge in [0.05, 0.1) is 33.1 Å². The van der Waals surface area contributed by atoms with E-state index >= 15 is 0 Å². The third-order valence-corrected chi connectivity index (χ3v) is 19.9. The Morgan fingerprint density at radius 2 is 0.410 bits per heavy atom. The molecule has 0 saturated heterocycles. The van der Waals surface area contributed by atoms with Gasteiger partial charge in [0.1, 0.15) is 11.3 Å². The molecule has 0 N–H and O–H groups in total. The maximum atomic E-state index is 4.90. The van der Waals surface area contributed by atoms with Crippen LogP contribution in [0.1, 0.15) is 0 Å². The van der Waals surface area contributed by atoms with Gasteiger partial charge < -0.3 is 9.13 Å². The molecule has 6 aromatic heterocycles. The Labute approximate surface area is 578 Å². The summed E-state index contributed by atoms with van der Waals surface area (Å²) >= 11 is 0. The average Bonchev–Trinajstić information content (AvgIpc) is 1.60. The molecule has 6 heterocycles. The molecule has 14 aromatic carbocycles. The topological polar surface area (TPSA) is 45.5 Å². The van der Waals surface area contributed by atoms with E-state index in [4.69, 9.17) is 9.97 Å². The number of hydrogen-bond donors (Lipinski definition) is 0. The van der Waals surface area contributed by atoms with Crippen LogP contribution in [0, 0.1) is 0 Å². The highest BCUT2D eigenvalue weighted by Crippen LogP contribution is 2.42. The minimum atomic E-state index is 0.957. The highest BCUT2D eigenvalue weighted by molar-refractivity contribution is 6.14. The lowest BCUT2D eigenvalue weighted by molar-refractivity contribution is 1.14. The predicted molar refractivity (Wildman–Crippen MR) is 418 cm³/mol. The van der Waals surface area contributed by atoms with Gasteiger partial charge in [0.2, 0.25) is 0 Å². The van der Waals surface area contributed by atoms with Crippen LogP contribution in [0.2, 0.25) is 0 Å². The van der Waals surface area contributed by atoms with Gasteiger partial charge in [-0.1, -0.05) is 255 Å². The molecule has 0 aliphatic heterocycles. The largest absolute Gasteiger partial charge is 0.309 e. The number of para-hydroxylation sites is 2. The van der Waals surface area contributed by atoms with Gasteiger partial charge in [-0.05, 0) is 176 Å². The fourth-order valence-corrected chi connectivity index (χ4v) is 15.2. The zero-order chi connectivity index (χ0) is 66.0. The number of fused-ring (bicyclic) bond motifs is 12. The number of pyridine rings is 2. The van der Waals surface area contributed by atoms with E-state index in [1.807, 2.05) is 24.5 Å². The number of rotatable bonds is 10. The maximum Gasteiger partial charge on any atom is 0.145 e. The van der Waals surface area contributed by atoms with Crippen LogP contribution in [0.3, 0.4) is 0 Å². The van der Waals surface area contributed by atoms with Crippen molar-refractivity contribution in [1.82, 2.24) is 28.2 Å². The molecule has 0 fully saturated rings. The molecule has 0 amide bonds. The molecular weight excluding hydrogens is 1210 g/mol. The van der Waals surface area contributed by atoms with E-state index < -0.39 is 0 Å². The number of benzene rings is 14. The van der Waals surface area contributed by atoms with E-state index in [1.165, 1.54) is 116 Å². The standard InChI is InChI=1S/2C47H31N3/c1-3-12-32(13-4-1)34-16-9-18-38(28-34)49-44-22-8-7-20-40(44)41-25-23-36(30-45(41)49)37-24-26-42-43-21-11-27-48-47(43)50(46(42)31-37)39-19-10-17-35(29-39)33-14-5-2-6-15-33;1-3-11-32(12-4-1)34-20-24-38(25-21-34)50-46-31-37(23-27-42(46)43-18-10-28-48-47(43)50)36-22-26-41-40-17-7-8-19-44(40)49(45(41)30-36)39-16-9-15-35(29-39)33-13-5-2-6-14-33/h2*1-31H. The first-order valence-corrected chi connectivity index (χ1v) is 34.1. The van der Waals surface area contributed by atoms with Crippen LogP contribution >= 0.6 is 0 Å². The van der Waals surface area contributed by atoms with Crippen molar-refractivity contribution in [3.05, 3.63) is 376 Å². The molecule has 20 aromatic rings. The van der Waals surface area contributed by atoms with E-state index in [9.17, 15) is 0 Å². The van der Waals surface area contributed by atoms with E-state index in [1.54, 1.807) is 0 Å². The van der Waals surface area contributed by atoms with Crippen LogP contribution in [-0.4, -0.2) is 28.2 Å². The summed E-state index contributed by atoms with van der Waals surface area (Å²) in [5.41, 5.74) is 27.7. The molecule has 6 heteroatoms. The first-order chi connectivity index (χ1) is 49.6. The van der Waals surface area contributed by atoms with Gasteiger partial charge in [-0.3, -0.25) is 9.13 Å². The molecule has 100 heavy (non-hydrogen) atoms. The predicted octanol–water partition coefficient (Wildman–Crippen LogP) is 24.6. The molecule has 6 nitrogen and oxygen atoms in total. The smallest absolute Gasteiger partial charge is 0.145 e. The van der Waals surface area contributed by atoms with Crippen molar-refractivity contribution in [3.63, 3.8) is 0 Å². The summed E-state index contributed by atoms with van der Waals surface area (Å²) in [5, 5.41) is 9.66. The van der Waals surface area contributed by atoms with Gasteiger partial charge in [0.15, 0.2) is 0 Å². The first-order valence-electron chi connectivity index (χ1n) is 34.1. The van der Waals surface area contributed by atoms with Crippen LogP contribution in [-0.2, 0) is 0 Å². The van der Waals surface area contributed by atoms with Gasteiger partial charge in [-0.2, -0.15) is 0 Å². The molecular formula is C94H62N6. The summed E-state index contributed by atoms with van der Waals surface area (Å²) in [6.45, 7) is 0. The summed E-state index contributed by atoms with van der Waals surface area (Å²) in [7, 11) is 0. The molecule has 0 unspecified atom stereocenters. The molecule has 0 bridgehead atoms. The third-order valence-electron chi connectivity index (χ3n) is 19.9. The number of aromatic nitrogens is 6. The zero-order valence-electron chi connectivity index (χ0n) is 54.5. The SMILES string of the molecule is c1ccc(-c2ccc(-n3c4cc(-c5ccc6c7ccccc7n(-c7cccc(-c8ccccc8)c7)c6c5)ccc4c4cccnc43)cc2)cc1.c1ccc(-c2cccc(-n3c4ccccc4c4ccc(-c5ccc6c7cccnc7n(-c7cccc(-c8ccccc8)c7)c6c5)cc43)c2)cc1. The Morgan fingerprint density at radius 1 is 0.150 bits per heavy atom. The van der Waals surface area contributed by atoms with E-state index in [0.717, 1.165) is 61.4 Å². The molecule has 0 saturated carbocycles. The van der Waals surface area contributed by atoms with Crippen LogP contribution in [0.5, 0.6) is 0 Å². The Hall–Kier alpha value is -13.4. The van der Waals surface area contributed by atoms with Crippen LogP contribution in [0.15, 0.2) is 376 Å². The Bertz CT molecular complexity index is 6300. The lowest BCUT2D eigenvalue weighted by Gasteiger charge is -2.12. The van der Waals surface area contributed by atoms with Crippen LogP contribution < -0.4 is 0 Å². The van der Waals surface area contributed by atoms with Gasteiger partial charge in [0.25, 0.3) is 0 Å². The molecule has 20 rings (SSSR count). The summed E-state index contributed by atoms with van der Waals surface area (Å²) in [5.74, 6) is 0. The van der Waals surface area contributed by atoms with Crippen molar-refractivity contribution >= 4 is 87.5 Å². The molecule has 468 valence electrons. The second kappa shape index (κ2) is 24.3. The van der Waals surface area contributed by atoms with E-state index in [2.05, 4.69) is 370 Å². The first kappa shape index (κ1) is 58.0. The Kier molecular flexibility index (Phi) is 14.1. The summed E-state index contributed by atoms with van der Waals surface area (Å²) in [6.07, 6.45) is 3.77. The monoisotopic (exact) mass is 1270 g/mol. The minimum absolute atomic E-state index is 0.957. The van der Waals surface area contributed by atoms with E-state index in [0.29, 0.717) is 0 Å². The highest BCUT2D eigenvalue weighted by atomic mass is 15.1. The molecule has 0 aliphatic carbocycles. The molecule has 0 radical (unpaired) electrons.